The van der Waals surface area contributed by atoms with E-state index in [1.54, 1.807) is 0 Å². The van der Waals surface area contributed by atoms with Crippen molar-refractivity contribution in [2.75, 3.05) is 6.61 Å². The Morgan fingerprint density at radius 3 is 2.72 bits per heavy atom. The minimum Gasteiger partial charge on any atom is -0.359 e. The van der Waals surface area contributed by atoms with Gasteiger partial charge in [-0.1, -0.05) is 24.3 Å². The SMILES string of the molecule is O=C1[C@@H]2OC[C@H](O2)[C@@H]2[C@@H]1[C@@H]1c3ccccc3C=CN1[C@H]2C(=O)c1ccc(F)cc1. The maximum atomic E-state index is 13.6. The zero-order valence-corrected chi connectivity index (χ0v) is 15.4. The topological polar surface area (TPSA) is 55.8 Å². The first-order chi connectivity index (χ1) is 14.1. The van der Waals surface area contributed by atoms with Crippen molar-refractivity contribution in [1.82, 2.24) is 4.90 Å². The monoisotopic (exact) mass is 391 g/mol. The molecule has 3 fully saturated rings. The molecule has 146 valence electrons. The van der Waals surface area contributed by atoms with E-state index in [0.29, 0.717) is 12.2 Å². The molecule has 4 heterocycles. The third kappa shape index (κ3) is 2.33. The maximum absolute atomic E-state index is 13.6. The summed E-state index contributed by atoms with van der Waals surface area (Å²) in [5.74, 6) is -1.33. The molecule has 4 aliphatic heterocycles. The molecule has 5 nitrogen and oxygen atoms in total. The smallest absolute Gasteiger partial charge is 0.218 e. The lowest BCUT2D eigenvalue weighted by atomic mass is 9.75. The van der Waals surface area contributed by atoms with Gasteiger partial charge in [0.1, 0.15) is 5.82 Å². The van der Waals surface area contributed by atoms with Gasteiger partial charge in [-0.15, -0.1) is 0 Å². The molecule has 0 aromatic heterocycles. The predicted octanol–water partition coefficient (Wildman–Crippen LogP) is 2.97. The van der Waals surface area contributed by atoms with E-state index in [-0.39, 0.29) is 35.5 Å². The normalized spacial score (nSPS) is 34.0. The lowest BCUT2D eigenvalue weighted by molar-refractivity contribution is -0.164. The largest absolute Gasteiger partial charge is 0.359 e. The van der Waals surface area contributed by atoms with Gasteiger partial charge < -0.3 is 14.4 Å². The number of benzene rings is 2. The highest BCUT2D eigenvalue weighted by atomic mass is 19.1. The minimum atomic E-state index is -0.846. The van der Waals surface area contributed by atoms with Gasteiger partial charge in [0.15, 0.2) is 11.6 Å². The number of nitrogens with zero attached hydrogens (tertiary/aromatic N) is 1. The summed E-state index contributed by atoms with van der Waals surface area (Å²) >= 11 is 0. The van der Waals surface area contributed by atoms with Gasteiger partial charge >= 0.3 is 0 Å². The van der Waals surface area contributed by atoms with Gasteiger partial charge in [-0.2, -0.15) is 0 Å². The Kier molecular flexibility index (Phi) is 3.58. The number of hydrogen-bond donors (Lipinski definition) is 0. The lowest BCUT2D eigenvalue weighted by Crippen LogP contribution is -2.48. The van der Waals surface area contributed by atoms with E-state index >= 15 is 0 Å². The average molecular weight is 391 g/mol. The zero-order valence-electron chi connectivity index (χ0n) is 15.4. The van der Waals surface area contributed by atoms with Crippen molar-refractivity contribution in [2.24, 2.45) is 11.8 Å². The Morgan fingerprint density at radius 2 is 1.90 bits per heavy atom. The molecular formula is C23H18FNO4. The highest BCUT2D eigenvalue weighted by Crippen LogP contribution is 2.54. The molecule has 6 atom stereocenters. The second kappa shape index (κ2) is 6.08. The van der Waals surface area contributed by atoms with Crippen LogP contribution in [0.15, 0.2) is 54.7 Å². The molecule has 0 spiro atoms. The first kappa shape index (κ1) is 17.1. The third-order valence-corrected chi connectivity index (χ3v) is 6.60. The van der Waals surface area contributed by atoms with Gasteiger partial charge in [0.25, 0.3) is 0 Å². The predicted molar refractivity (Wildman–Crippen MR) is 101 cm³/mol. The van der Waals surface area contributed by atoms with E-state index in [1.165, 1.54) is 24.3 Å². The van der Waals surface area contributed by atoms with Crippen LogP contribution in [-0.4, -0.2) is 41.5 Å². The molecule has 0 amide bonds. The van der Waals surface area contributed by atoms with Crippen molar-refractivity contribution in [3.8, 4) is 0 Å². The molecule has 0 N–H and O–H groups in total. The highest BCUT2D eigenvalue weighted by molar-refractivity contribution is 6.02. The van der Waals surface area contributed by atoms with Crippen LogP contribution < -0.4 is 0 Å². The summed E-state index contributed by atoms with van der Waals surface area (Å²) in [6, 6.07) is 12.7. The van der Waals surface area contributed by atoms with Crippen LogP contribution in [0.25, 0.3) is 6.08 Å². The second-order valence-electron chi connectivity index (χ2n) is 8.00. The van der Waals surface area contributed by atoms with Gasteiger partial charge in [-0.25, -0.2) is 4.39 Å². The Balaban J connectivity index is 1.50. The van der Waals surface area contributed by atoms with Gasteiger partial charge in [0.2, 0.25) is 6.29 Å². The van der Waals surface area contributed by atoms with Gasteiger partial charge in [0.05, 0.1) is 30.7 Å². The third-order valence-electron chi connectivity index (χ3n) is 6.60. The molecule has 2 aromatic rings. The van der Waals surface area contributed by atoms with Crippen molar-refractivity contribution in [3.63, 3.8) is 0 Å². The highest BCUT2D eigenvalue weighted by Gasteiger charge is 2.63. The number of halogens is 1. The fourth-order valence-corrected chi connectivity index (χ4v) is 5.40. The molecule has 2 bridgehead atoms. The molecule has 0 unspecified atom stereocenters. The Labute approximate surface area is 166 Å². The van der Waals surface area contributed by atoms with Gasteiger partial charge in [0, 0.05) is 17.7 Å². The first-order valence-corrected chi connectivity index (χ1v) is 9.78. The van der Waals surface area contributed by atoms with E-state index in [4.69, 9.17) is 9.47 Å². The summed E-state index contributed by atoms with van der Waals surface area (Å²) in [6.45, 7) is 0.302. The first-order valence-electron chi connectivity index (χ1n) is 9.78. The van der Waals surface area contributed by atoms with Crippen LogP contribution >= 0.6 is 0 Å². The number of Topliss-reactive ketones (excluding diaryl/α,β-unsaturated/α-hetero) is 2. The number of carbonyl (C=O) groups excluding carboxylic acids is 2. The van der Waals surface area contributed by atoms with E-state index in [9.17, 15) is 14.0 Å². The summed E-state index contributed by atoms with van der Waals surface area (Å²) in [5, 5.41) is 0. The molecule has 6 heteroatoms. The summed E-state index contributed by atoms with van der Waals surface area (Å²) in [6.07, 6.45) is 2.73. The Morgan fingerprint density at radius 1 is 1.10 bits per heavy atom. The summed E-state index contributed by atoms with van der Waals surface area (Å²) in [5.41, 5.74) is 2.51. The average Bonchev–Trinajstić information content (AvgIpc) is 3.33. The van der Waals surface area contributed by atoms with Crippen molar-refractivity contribution < 1.29 is 23.5 Å². The van der Waals surface area contributed by atoms with Crippen LogP contribution in [0, 0.1) is 17.7 Å². The molecule has 0 aliphatic carbocycles. The molecule has 4 aliphatic rings. The Bertz CT molecular complexity index is 1050. The van der Waals surface area contributed by atoms with Crippen molar-refractivity contribution in [1.29, 1.82) is 0 Å². The molecular weight excluding hydrogens is 373 g/mol. The number of rotatable bonds is 2. The number of hydrogen-bond acceptors (Lipinski definition) is 5. The standard InChI is InChI=1S/C23H18FNO4/c24-14-7-5-13(6-8-14)21(26)20-17-16-11-28-23(29-16)22(27)18(17)19-15-4-2-1-3-12(15)9-10-25(19)20/h1-10,16-20,23H,11H2/t16-,17+,18+,19-,20+,23+/m0/s1. The van der Waals surface area contributed by atoms with Crippen molar-refractivity contribution in [2.45, 2.75) is 24.5 Å². The van der Waals surface area contributed by atoms with Crippen LogP contribution in [-0.2, 0) is 14.3 Å². The number of ether oxygens (including phenoxy) is 2. The molecule has 6 rings (SSSR count). The fourth-order valence-electron chi connectivity index (χ4n) is 5.40. The van der Waals surface area contributed by atoms with E-state index < -0.39 is 18.1 Å². The van der Waals surface area contributed by atoms with Crippen LogP contribution in [0.3, 0.4) is 0 Å². The molecule has 2 aromatic carbocycles. The number of fused-ring (bicyclic) bond motifs is 8. The van der Waals surface area contributed by atoms with Crippen LogP contribution in [0.1, 0.15) is 27.5 Å². The molecule has 0 radical (unpaired) electrons. The van der Waals surface area contributed by atoms with Crippen LogP contribution in [0.4, 0.5) is 4.39 Å². The van der Waals surface area contributed by atoms with Crippen LogP contribution in [0.5, 0.6) is 0 Å². The molecule has 0 saturated carbocycles. The summed E-state index contributed by atoms with van der Waals surface area (Å²) < 4.78 is 24.8. The van der Waals surface area contributed by atoms with Gasteiger partial charge in [-0.3, -0.25) is 9.59 Å². The summed E-state index contributed by atoms with van der Waals surface area (Å²) in [7, 11) is 0. The van der Waals surface area contributed by atoms with Crippen LogP contribution in [0.2, 0.25) is 0 Å². The number of carbonyl (C=O) groups is 2. The van der Waals surface area contributed by atoms with Crippen molar-refractivity contribution in [3.05, 3.63) is 77.2 Å². The van der Waals surface area contributed by atoms with Gasteiger partial charge in [-0.05, 0) is 41.5 Å². The molecule has 29 heavy (non-hydrogen) atoms. The van der Waals surface area contributed by atoms with E-state index in [0.717, 1.165) is 11.1 Å². The summed E-state index contributed by atoms with van der Waals surface area (Å²) in [4.78, 5) is 28.8. The second-order valence-corrected chi connectivity index (χ2v) is 8.00. The van der Waals surface area contributed by atoms with E-state index in [2.05, 4.69) is 0 Å². The quantitative estimate of drug-likeness (QED) is 0.737. The minimum absolute atomic E-state index is 0.0988. The van der Waals surface area contributed by atoms with E-state index in [1.807, 2.05) is 41.4 Å². The molecule has 3 saturated heterocycles. The lowest BCUT2D eigenvalue weighted by Gasteiger charge is -2.34. The maximum Gasteiger partial charge on any atom is 0.218 e. The number of ketones is 2. The fraction of sp³-hybridized carbons (Fsp3) is 0.304. The Hall–Kier alpha value is -2.83. The van der Waals surface area contributed by atoms with Crippen molar-refractivity contribution >= 4 is 17.6 Å². The zero-order chi connectivity index (χ0) is 19.7.